The smallest absolute Gasteiger partial charge is 0.0741 e. The highest BCUT2D eigenvalue weighted by atomic mass is 16.3. The minimum Gasteiger partial charge on any atom is -0.389 e. The van der Waals surface area contributed by atoms with E-state index in [0.29, 0.717) is 6.04 Å². The standard InChI is InChI=1S/C14H30N2O/c1-5-6-9-16-10-7-13(8-11-16)15-12(2)14(3,4)17/h12-13,15,17H,5-11H2,1-4H3. The molecule has 1 aliphatic heterocycles. The molecule has 0 saturated carbocycles. The monoisotopic (exact) mass is 242 g/mol. The van der Waals surface area contributed by atoms with Crippen molar-refractivity contribution in [1.82, 2.24) is 10.2 Å². The lowest BCUT2D eigenvalue weighted by molar-refractivity contribution is 0.0352. The molecule has 1 saturated heterocycles. The highest BCUT2D eigenvalue weighted by molar-refractivity contribution is 4.85. The van der Waals surface area contributed by atoms with Gasteiger partial charge in [-0.1, -0.05) is 13.3 Å². The lowest BCUT2D eigenvalue weighted by Gasteiger charge is -2.36. The van der Waals surface area contributed by atoms with Gasteiger partial charge in [-0.2, -0.15) is 0 Å². The van der Waals surface area contributed by atoms with Crippen molar-refractivity contribution in [1.29, 1.82) is 0 Å². The summed E-state index contributed by atoms with van der Waals surface area (Å²) in [5.41, 5.74) is -0.626. The molecule has 3 heteroatoms. The highest BCUT2D eigenvalue weighted by Gasteiger charge is 2.26. The number of likely N-dealkylation sites (tertiary alicyclic amines) is 1. The molecule has 1 fully saturated rings. The molecule has 0 bridgehead atoms. The third kappa shape index (κ3) is 5.36. The average Bonchev–Trinajstić information content (AvgIpc) is 2.27. The van der Waals surface area contributed by atoms with Crippen molar-refractivity contribution in [3.63, 3.8) is 0 Å². The number of nitrogens with one attached hydrogen (secondary N) is 1. The summed E-state index contributed by atoms with van der Waals surface area (Å²) in [5.74, 6) is 0. The summed E-state index contributed by atoms with van der Waals surface area (Å²) < 4.78 is 0. The molecule has 1 heterocycles. The van der Waals surface area contributed by atoms with Crippen LogP contribution in [0.4, 0.5) is 0 Å². The first-order valence-electron chi connectivity index (χ1n) is 7.14. The van der Waals surface area contributed by atoms with Crippen molar-refractivity contribution in [3.05, 3.63) is 0 Å². The largest absolute Gasteiger partial charge is 0.389 e. The topological polar surface area (TPSA) is 35.5 Å². The van der Waals surface area contributed by atoms with Crippen molar-refractivity contribution < 1.29 is 5.11 Å². The quantitative estimate of drug-likeness (QED) is 0.748. The number of nitrogens with zero attached hydrogens (tertiary/aromatic N) is 1. The summed E-state index contributed by atoms with van der Waals surface area (Å²) in [6.45, 7) is 11.7. The second-order valence-corrected chi connectivity index (χ2v) is 6.01. The van der Waals surface area contributed by atoms with Crippen molar-refractivity contribution in [2.24, 2.45) is 0 Å². The molecule has 0 amide bonds. The first kappa shape index (κ1) is 14.9. The van der Waals surface area contributed by atoms with Crippen molar-refractivity contribution >= 4 is 0 Å². The number of unbranched alkanes of at least 4 members (excludes halogenated alkanes) is 1. The van der Waals surface area contributed by atoms with Gasteiger partial charge >= 0.3 is 0 Å². The molecule has 0 aromatic heterocycles. The summed E-state index contributed by atoms with van der Waals surface area (Å²) in [5, 5.41) is 13.5. The molecule has 0 aliphatic carbocycles. The van der Waals surface area contributed by atoms with Gasteiger partial charge in [0, 0.05) is 12.1 Å². The van der Waals surface area contributed by atoms with E-state index in [1.165, 1.54) is 45.3 Å². The zero-order valence-corrected chi connectivity index (χ0v) is 12.0. The van der Waals surface area contributed by atoms with Crippen LogP contribution in [0.2, 0.25) is 0 Å². The van der Waals surface area contributed by atoms with Crippen LogP contribution in [0.25, 0.3) is 0 Å². The van der Waals surface area contributed by atoms with Crippen molar-refractivity contribution in [3.8, 4) is 0 Å². The van der Waals surface area contributed by atoms with Gasteiger partial charge in [0.05, 0.1) is 5.60 Å². The third-order valence-electron chi connectivity index (χ3n) is 3.96. The van der Waals surface area contributed by atoms with Crippen LogP contribution in [-0.2, 0) is 0 Å². The van der Waals surface area contributed by atoms with Gasteiger partial charge in [-0.3, -0.25) is 0 Å². The molecule has 1 unspecified atom stereocenters. The molecule has 3 nitrogen and oxygen atoms in total. The number of piperidine rings is 1. The fourth-order valence-electron chi connectivity index (χ4n) is 2.26. The molecule has 17 heavy (non-hydrogen) atoms. The third-order valence-corrected chi connectivity index (χ3v) is 3.96. The zero-order chi connectivity index (χ0) is 12.9. The van der Waals surface area contributed by atoms with E-state index in [-0.39, 0.29) is 6.04 Å². The predicted octanol–water partition coefficient (Wildman–Crippen LogP) is 2.00. The van der Waals surface area contributed by atoms with Crippen LogP contribution in [0.15, 0.2) is 0 Å². The van der Waals surface area contributed by atoms with Gasteiger partial charge in [0.25, 0.3) is 0 Å². The van der Waals surface area contributed by atoms with Crippen LogP contribution >= 0.6 is 0 Å². The zero-order valence-electron chi connectivity index (χ0n) is 12.0. The number of hydrogen-bond acceptors (Lipinski definition) is 3. The molecule has 102 valence electrons. The van der Waals surface area contributed by atoms with E-state index in [4.69, 9.17) is 0 Å². The fraction of sp³-hybridized carbons (Fsp3) is 1.00. The fourth-order valence-corrected chi connectivity index (χ4v) is 2.26. The van der Waals surface area contributed by atoms with Crippen molar-refractivity contribution in [2.45, 2.75) is 71.1 Å². The molecule has 0 radical (unpaired) electrons. The Labute approximate surface area is 107 Å². The Balaban J connectivity index is 2.23. The minimum atomic E-state index is -0.626. The number of hydrogen-bond donors (Lipinski definition) is 2. The summed E-state index contributed by atoms with van der Waals surface area (Å²) in [7, 11) is 0. The Morgan fingerprint density at radius 3 is 2.41 bits per heavy atom. The van der Waals surface area contributed by atoms with Crippen molar-refractivity contribution in [2.75, 3.05) is 19.6 Å². The Morgan fingerprint density at radius 1 is 1.35 bits per heavy atom. The number of aliphatic hydroxyl groups is 1. The second-order valence-electron chi connectivity index (χ2n) is 6.01. The lowest BCUT2D eigenvalue weighted by Crippen LogP contribution is -2.52. The Morgan fingerprint density at radius 2 is 1.94 bits per heavy atom. The van der Waals surface area contributed by atoms with Crippen LogP contribution < -0.4 is 5.32 Å². The summed E-state index contributed by atoms with van der Waals surface area (Å²) in [6, 6.07) is 0.740. The van der Waals surface area contributed by atoms with Gasteiger partial charge in [0.2, 0.25) is 0 Å². The van der Waals surface area contributed by atoms with Crippen LogP contribution in [-0.4, -0.2) is 47.3 Å². The van der Waals surface area contributed by atoms with Gasteiger partial charge in [0.15, 0.2) is 0 Å². The molecule has 0 spiro atoms. The van der Waals surface area contributed by atoms with Gasteiger partial charge in [-0.05, 0) is 59.7 Å². The van der Waals surface area contributed by atoms with Crippen LogP contribution in [0, 0.1) is 0 Å². The lowest BCUT2D eigenvalue weighted by atomic mass is 9.97. The molecule has 2 N–H and O–H groups in total. The summed E-state index contributed by atoms with van der Waals surface area (Å²) in [4.78, 5) is 2.57. The predicted molar refractivity (Wildman–Crippen MR) is 73.3 cm³/mol. The number of rotatable bonds is 6. The Kier molecular flexibility index (Phi) is 5.90. The molecular weight excluding hydrogens is 212 g/mol. The SMILES string of the molecule is CCCCN1CCC(NC(C)C(C)(C)O)CC1. The molecule has 0 aromatic carbocycles. The first-order chi connectivity index (χ1) is 7.93. The van der Waals surface area contributed by atoms with E-state index >= 15 is 0 Å². The van der Waals surface area contributed by atoms with Crippen LogP contribution in [0.1, 0.15) is 53.4 Å². The molecule has 1 atom stereocenters. The van der Waals surface area contributed by atoms with Crippen LogP contribution in [0.5, 0.6) is 0 Å². The molecule has 0 aromatic rings. The van der Waals surface area contributed by atoms with Crippen LogP contribution in [0.3, 0.4) is 0 Å². The first-order valence-corrected chi connectivity index (χ1v) is 7.14. The van der Waals surface area contributed by atoms with E-state index in [1.807, 2.05) is 13.8 Å². The van der Waals surface area contributed by atoms with Gasteiger partial charge in [0.1, 0.15) is 0 Å². The summed E-state index contributed by atoms with van der Waals surface area (Å²) in [6.07, 6.45) is 5.03. The van der Waals surface area contributed by atoms with E-state index in [2.05, 4.69) is 24.1 Å². The van der Waals surface area contributed by atoms with Gasteiger partial charge < -0.3 is 15.3 Å². The molecule has 1 rings (SSSR count). The Hall–Kier alpha value is -0.120. The minimum absolute atomic E-state index is 0.162. The second kappa shape index (κ2) is 6.72. The normalized spacial score (nSPS) is 21.7. The molecular formula is C14H30N2O. The van der Waals surface area contributed by atoms with E-state index in [0.717, 1.165) is 0 Å². The average molecular weight is 242 g/mol. The maximum Gasteiger partial charge on any atom is 0.0741 e. The van der Waals surface area contributed by atoms with E-state index < -0.39 is 5.60 Å². The molecule has 1 aliphatic rings. The highest BCUT2D eigenvalue weighted by Crippen LogP contribution is 2.15. The van der Waals surface area contributed by atoms with Gasteiger partial charge in [-0.25, -0.2) is 0 Å². The maximum atomic E-state index is 9.91. The summed E-state index contributed by atoms with van der Waals surface area (Å²) >= 11 is 0. The maximum absolute atomic E-state index is 9.91. The van der Waals surface area contributed by atoms with E-state index in [9.17, 15) is 5.11 Å². The van der Waals surface area contributed by atoms with Gasteiger partial charge in [-0.15, -0.1) is 0 Å². The Bertz CT molecular complexity index is 205. The van der Waals surface area contributed by atoms with E-state index in [1.54, 1.807) is 0 Å².